The SMILES string of the molecule is COC(=O)c1nc(Oc2ccccc2)c(Cl)c(N)c1Cl.Nc1c(Cl)c(Cl)nc(C(=O)O)c1Cl. The lowest BCUT2D eigenvalue weighted by Gasteiger charge is -2.11. The third kappa shape index (κ3) is 6.21. The van der Waals surface area contributed by atoms with Crippen molar-refractivity contribution >= 4 is 81.3 Å². The molecule has 0 atom stereocenters. The molecule has 0 fully saturated rings. The second kappa shape index (κ2) is 11.4. The Bertz CT molecular complexity index is 1210. The minimum absolute atomic E-state index is 0.00895. The Labute approximate surface area is 212 Å². The zero-order chi connectivity index (χ0) is 24.9. The average molecular weight is 555 g/mol. The minimum atomic E-state index is -1.31. The van der Waals surface area contributed by atoms with Gasteiger partial charge in [-0.2, -0.15) is 0 Å². The molecule has 174 valence electrons. The van der Waals surface area contributed by atoms with Gasteiger partial charge in [0.15, 0.2) is 16.5 Å². The molecule has 2 aromatic heterocycles. The van der Waals surface area contributed by atoms with E-state index in [0.29, 0.717) is 5.75 Å². The highest BCUT2D eigenvalue weighted by atomic mass is 35.5. The van der Waals surface area contributed by atoms with Crippen LogP contribution in [0.4, 0.5) is 11.4 Å². The number of halogens is 5. The zero-order valence-electron chi connectivity index (χ0n) is 16.4. The number of esters is 1. The van der Waals surface area contributed by atoms with Crippen LogP contribution in [0.15, 0.2) is 30.3 Å². The van der Waals surface area contributed by atoms with Crippen LogP contribution in [-0.2, 0) is 4.74 Å². The Kier molecular flexibility index (Phi) is 9.21. The molecule has 5 N–H and O–H groups in total. The summed E-state index contributed by atoms with van der Waals surface area (Å²) in [5.41, 5.74) is 10.5. The molecule has 0 spiro atoms. The Morgan fingerprint density at radius 3 is 1.94 bits per heavy atom. The number of para-hydroxylation sites is 1. The van der Waals surface area contributed by atoms with E-state index in [1.807, 2.05) is 6.07 Å². The fourth-order valence-corrected chi connectivity index (χ4v) is 3.14. The third-order valence-corrected chi connectivity index (χ3v) is 5.58. The fourth-order valence-electron chi connectivity index (χ4n) is 2.11. The lowest BCUT2D eigenvalue weighted by atomic mass is 10.3. The molecule has 0 aliphatic rings. The van der Waals surface area contributed by atoms with Crippen molar-refractivity contribution in [1.82, 2.24) is 9.97 Å². The summed E-state index contributed by atoms with van der Waals surface area (Å²) in [6, 6.07) is 8.81. The Balaban J connectivity index is 0.000000257. The summed E-state index contributed by atoms with van der Waals surface area (Å²) in [6.45, 7) is 0. The smallest absolute Gasteiger partial charge is 0.358 e. The van der Waals surface area contributed by atoms with Crippen molar-refractivity contribution in [3.05, 3.63) is 67.0 Å². The standard InChI is InChI=1S/C13H10Cl2N2O3.C6H3Cl3N2O2/c1-19-13(18)11-8(14)10(16)9(15)12(17-11)20-7-5-3-2-4-6-7;7-1-3(10)2(8)5(9)11-4(1)6(12)13/h2-6H,1H3,(H2,16,17);(H2,10,11)(H,12,13). The van der Waals surface area contributed by atoms with Gasteiger partial charge < -0.3 is 26.0 Å². The number of hydrogen-bond acceptors (Lipinski definition) is 8. The molecule has 0 aliphatic heterocycles. The first-order valence-corrected chi connectivity index (χ1v) is 10.4. The number of benzene rings is 1. The van der Waals surface area contributed by atoms with Crippen molar-refractivity contribution in [2.75, 3.05) is 18.6 Å². The molecule has 3 aromatic rings. The molecule has 14 heteroatoms. The number of aromatic carboxylic acids is 1. The lowest BCUT2D eigenvalue weighted by molar-refractivity contribution is 0.0592. The minimum Gasteiger partial charge on any atom is -0.476 e. The number of rotatable bonds is 4. The van der Waals surface area contributed by atoms with Crippen molar-refractivity contribution in [2.24, 2.45) is 0 Å². The Morgan fingerprint density at radius 1 is 0.848 bits per heavy atom. The zero-order valence-corrected chi connectivity index (χ0v) is 20.2. The number of carboxylic acids is 1. The number of carbonyl (C=O) groups excluding carboxylic acids is 1. The molecule has 2 heterocycles. The number of ether oxygens (including phenoxy) is 2. The third-order valence-electron chi connectivity index (χ3n) is 3.69. The maximum atomic E-state index is 11.6. The summed E-state index contributed by atoms with van der Waals surface area (Å²) in [5, 5.41) is 8.14. The van der Waals surface area contributed by atoms with Gasteiger partial charge in [-0.1, -0.05) is 76.2 Å². The van der Waals surface area contributed by atoms with Crippen LogP contribution in [0.5, 0.6) is 11.6 Å². The van der Waals surface area contributed by atoms with E-state index in [-0.39, 0.29) is 48.2 Å². The van der Waals surface area contributed by atoms with Crippen LogP contribution in [-0.4, -0.2) is 34.1 Å². The van der Waals surface area contributed by atoms with Crippen molar-refractivity contribution in [3.8, 4) is 11.6 Å². The molecular weight excluding hydrogens is 541 g/mol. The number of anilines is 2. The Hall–Kier alpha value is -2.69. The van der Waals surface area contributed by atoms with E-state index in [2.05, 4.69) is 14.7 Å². The van der Waals surface area contributed by atoms with E-state index in [1.54, 1.807) is 24.3 Å². The van der Waals surface area contributed by atoms with Crippen molar-refractivity contribution in [3.63, 3.8) is 0 Å². The van der Waals surface area contributed by atoms with Gasteiger partial charge in [-0.25, -0.2) is 19.6 Å². The van der Waals surface area contributed by atoms with E-state index in [9.17, 15) is 9.59 Å². The molecule has 0 aliphatic carbocycles. The maximum Gasteiger partial charge on any atom is 0.358 e. The predicted molar refractivity (Wildman–Crippen MR) is 127 cm³/mol. The average Bonchev–Trinajstić information content (AvgIpc) is 2.80. The van der Waals surface area contributed by atoms with Crippen LogP contribution in [0.2, 0.25) is 25.2 Å². The molecule has 0 amide bonds. The first kappa shape index (κ1) is 26.6. The number of nitrogens with two attached hydrogens (primary N) is 2. The second-order valence-electron chi connectivity index (χ2n) is 5.81. The number of pyridine rings is 2. The molecule has 0 saturated heterocycles. The van der Waals surface area contributed by atoms with Gasteiger partial charge in [0.25, 0.3) is 0 Å². The van der Waals surface area contributed by atoms with Gasteiger partial charge in [-0.05, 0) is 12.1 Å². The molecule has 3 rings (SSSR count). The van der Waals surface area contributed by atoms with Crippen molar-refractivity contribution in [1.29, 1.82) is 0 Å². The summed E-state index contributed by atoms with van der Waals surface area (Å²) < 4.78 is 10.1. The van der Waals surface area contributed by atoms with Crippen LogP contribution in [0, 0.1) is 0 Å². The highest BCUT2D eigenvalue weighted by Gasteiger charge is 2.22. The summed E-state index contributed by atoms with van der Waals surface area (Å²) in [6.07, 6.45) is 0. The first-order chi connectivity index (χ1) is 15.5. The molecule has 0 unspecified atom stereocenters. The van der Waals surface area contributed by atoms with E-state index in [0.717, 1.165) is 0 Å². The molecule has 1 aromatic carbocycles. The molecule has 0 radical (unpaired) electrons. The summed E-state index contributed by atoms with van der Waals surface area (Å²) in [7, 11) is 1.21. The highest BCUT2D eigenvalue weighted by molar-refractivity contribution is 6.46. The molecule has 9 nitrogen and oxygen atoms in total. The van der Waals surface area contributed by atoms with E-state index >= 15 is 0 Å². The van der Waals surface area contributed by atoms with Gasteiger partial charge in [0.05, 0.1) is 28.5 Å². The normalized spacial score (nSPS) is 10.1. The lowest BCUT2D eigenvalue weighted by Crippen LogP contribution is -2.08. The van der Waals surface area contributed by atoms with Gasteiger partial charge in [0, 0.05) is 0 Å². The van der Waals surface area contributed by atoms with Crippen LogP contribution in [0.1, 0.15) is 21.0 Å². The van der Waals surface area contributed by atoms with Crippen molar-refractivity contribution < 1.29 is 24.2 Å². The summed E-state index contributed by atoms with van der Waals surface area (Å²) in [5.74, 6) is -1.55. The molecule has 0 saturated carbocycles. The number of aromatic nitrogens is 2. The molecular formula is C19H13Cl5N4O5. The van der Waals surface area contributed by atoms with Gasteiger partial charge in [0.1, 0.15) is 15.8 Å². The molecule has 0 bridgehead atoms. The number of methoxy groups -OCH3 is 1. The number of carbonyl (C=O) groups is 2. The van der Waals surface area contributed by atoms with Crippen LogP contribution in [0.3, 0.4) is 0 Å². The van der Waals surface area contributed by atoms with Crippen LogP contribution >= 0.6 is 58.0 Å². The first-order valence-electron chi connectivity index (χ1n) is 8.48. The number of nitrogens with zero attached hydrogens (tertiary/aromatic N) is 2. The highest BCUT2D eigenvalue weighted by Crippen LogP contribution is 2.38. The number of hydrogen-bond donors (Lipinski definition) is 3. The largest absolute Gasteiger partial charge is 0.476 e. The summed E-state index contributed by atoms with van der Waals surface area (Å²) in [4.78, 5) is 29.5. The van der Waals surface area contributed by atoms with Crippen LogP contribution in [0.25, 0.3) is 0 Å². The number of carboxylic acid groups (broad SMARTS) is 1. The van der Waals surface area contributed by atoms with Gasteiger partial charge >= 0.3 is 11.9 Å². The number of nitrogen functional groups attached to an aromatic ring is 2. The fraction of sp³-hybridized carbons (Fsp3) is 0.0526. The predicted octanol–water partition coefficient (Wildman–Crippen LogP) is 5.87. The van der Waals surface area contributed by atoms with Gasteiger partial charge in [-0.3, -0.25) is 0 Å². The quantitative estimate of drug-likeness (QED) is 0.266. The monoisotopic (exact) mass is 552 g/mol. The Morgan fingerprint density at radius 2 is 1.39 bits per heavy atom. The van der Waals surface area contributed by atoms with E-state index in [1.165, 1.54) is 7.11 Å². The van der Waals surface area contributed by atoms with E-state index < -0.39 is 17.6 Å². The molecule has 33 heavy (non-hydrogen) atoms. The van der Waals surface area contributed by atoms with Gasteiger partial charge in [0.2, 0.25) is 5.88 Å². The maximum absolute atomic E-state index is 11.6. The van der Waals surface area contributed by atoms with Crippen LogP contribution < -0.4 is 16.2 Å². The second-order valence-corrected chi connectivity index (χ2v) is 7.68. The van der Waals surface area contributed by atoms with Gasteiger partial charge in [-0.15, -0.1) is 0 Å². The summed E-state index contributed by atoms with van der Waals surface area (Å²) >= 11 is 28.5. The van der Waals surface area contributed by atoms with E-state index in [4.69, 9.17) is 79.3 Å². The topological polar surface area (TPSA) is 151 Å². The van der Waals surface area contributed by atoms with Crippen molar-refractivity contribution in [2.45, 2.75) is 0 Å².